The average Bonchev–Trinajstić information content (AvgIpc) is 2.77. The summed E-state index contributed by atoms with van der Waals surface area (Å²) in [5, 5.41) is 0. The van der Waals surface area contributed by atoms with E-state index in [9.17, 15) is 4.79 Å². The van der Waals surface area contributed by atoms with Crippen LogP contribution < -0.4 is 0 Å². The standard InChI is InChI=1S/C14H26O3/c1-5-13(16-6-2)17-14(15)12-8-7-11(9-12)10(3)4/h10-13H,5-9H2,1-4H3. The monoisotopic (exact) mass is 242 g/mol. The summed E-state index contributed by atoms with van der Waals surface area (Å²) in [6.45, 7) is 8.94. The first kappa shape index (κ1) is 14.5. The molecule has 0 spiro atoms. The molecular weight excluding hydrogens is 216 g/mol. The minimum atomic E-state index is -0.356. The van der Waals surface area contributed by atoms with Crippen LogP contribution in [0.25, 0.3) is 0 Å². The molecule has 1 rings (SSSR count). The van der Waals surface area contributed by atoms with Crippen molar-refractivity contribution in [3.8, 4) is 0 Å². The lowest BCUT2D eigenvalue weighted by atomic mass is 9.93. The number of esters is 1. The Morgan fingerprint density at radius 3 is 2.47 bits per heavy atom. The van der Waals surface area contributed by atoms with Gasteiger partial charge in [0, 0.05) is 13.0 Å². The highest BCUT2D eigenvalue weighted by atomic mass is 16.7. The lowest BCUT2D eigenvalue weighted by Crippen LogP contribution is -2.25. The van der Waals surface area contributed by atoms with Gasteiger partial charge in [-0.3, -0.25) is 4.79 Å². The molecule has 1 saturated carbocycles. The van der Waals surface area contributed by atoms with Crippen LogP contribution in [0.3, 0.4) is 0 Å². The van der Waals surface area contributed by atoms with Crippen molar-refractivity contribution in [2.75, 3.05) is 6.61 Å². The molecule has 100 valence electrons. The van der Waals surface area contributed by atoms with Gasteiger partial charge in [-0.2, -0.15) is 0 Å². The molecule has 1 aliphatic carbocycles. The lowest BCUT2D eigenvalue weighted by molar-refractivity contribution is -0.183. The highest BCUT2D eigenvalue weighted by Crippen LogP contribution is 2.36. The maximum absolute atomic E-state index is 12.0. The molecule has 3 atom stereocenters. The minimum absolute atomic E-state index is 0.0616. The molecule has 0 saturated heterocycles. The molecule has 3 heteroatoms. The summed E-state index contributed by atoms with van der Waals surface area (Å²) >= 11 is 0. The van der Waals surface area contributed by atoms with E-state index < -0.39 is 0 Å². The van der Waals surface area contributed by atoms with Gasteiger partial charge in [0.2, 0.25) is 6.29 Å². The summed E-state index contributed by atoms with van der Waals surface area (Å²) in [5.74, 6) is 1.38. The third kappa shape index (κ3) is 4.30. The molecule has 0 aromatic rings. The van der Waals surface area contributed by atoms with Crippen LogP contribution in [0.15, 0.2) is 0 Å². The van der Waals surface area contributed by atoms with Gasteiger partial charge in [-0.1, -0.05) is 20.8 Å². The zero-order valence-electron chi connectivity index (χ0n) is 11.6. The SMILES string of the molecule is CCOC(CC)OC(=O)C1CCC(C(C)C)C1. The molecule has 0 radical (unpaired) electrons. The number of hydrogen-bond donors (Lipinski definition) is 0. The molecule has 0 N–H and O–H groups in total. The summed E-state index contributed by atoms with van der Waals surface area (Å²) in [6.07, 6.45) is 3.48. The Bertz CT molecular complexity index is 238. The molecule has 0 aromatic carbocycles. The van der Waals surface area contributed by atoms with Gasteiger partial charge in [-0.15, -0.1) is 0 Å². The molecule has 3 nitrogen and oxygen atoms in total. The van der Waals surface area contributed by atoms with E-state index in [0.717, 1.165) is 25.7 Å². The van der Waals surface area contributed by atoms with Crippen molar-refractivity contribution in [1.29, 1.82) is 0 Å². The van der Waals surface area contributed by atoms with E-state index in [4.69, 9.17) is 9.47 Å². The van der Waals surface area contributed by atoms with E-state index in [1.54, 1.807) is 0 Å². The van der Waals surface area contributed by atoms with E-state index in [1.807, 2.05) is 13.8 Å². The highest BCUT2D eigenvalue weighted by Gasteiger charge is 2.33. The van der Waals surface area contributed by atoms with Gasteiger partial charge in [0.1, 0.15) is 0 Å². The summed E-state index contributed by atoms with van der Waals surface area (Å²) < 4.78 is 10.7. The van der Waals surface area contributed by atoms with Crippen molar-refractivity contribution in [3.05, 3.63) is 0 Å². The predicted octanol–water partition coefficient (Wildman–Crippen LogP) is 3.37. The Morgan fingerprint density at radius 2 is 2.00 bits per heavy atom. The number of carbonyl (C=O) groups is 1. The molecule has 0 aromatic heterocycles. The van der Waals surface area contributed by atoms with Crippen LogP contribution in [0.2, 0.25) is 0 Å². The van der Waals surface area contributed by atoms with Crippen molar-refractivity contribution < 1.29 is 14.3 Å². The van der Waals surface area contributed by atoms with E-state index in [0.29, 0.717) is 18.4 Å². The van der Waals surface area contributed by atoms with Gasteiger partial charge >= 0.3 is 5.97 Å². The summed E-state index contributed by atoms with van der Waals surface area (Å²) in [4.78, 5) is 12.0. The lowest BCUT2D eigenvalue weighted by Gasteiger charge is -2.19. The Kier molecular flexibility index (Phi) is 5.96. The van der Waals surface area contributed by atoms with Crippen molar-refractivity contribution in [3.63, 3.8) is 0 Å². The topological polar surface area (TPSA) is 35.5 Å². The zero-order chi connectivity index (χ0) is 12.8. The summed E-state index contributed by atoms with van der Waals surface area (Å²) in [7, 11) is 0. The Labute approximate surface area is 105 Å². The van der Waals surface area contributed by atoms with Gasteiger partial charge in [0.25, 0.3) is 0 Å². The first-order valence-electron chi connectivity index (χ1n) is 6.90. The fourth-order valence-electron chi connectivity index (χ4n) is 2.48. The smallest absolute Gasteiger partial charge is 0.311 e. The molecule has 1 fully saturated rings. The van der Waals surface area contributed by atoms with Gasteiger partial charge < -0.3 is 9.47 Å². The van der Waals surface area contributed by atoms with E-state index >= 15 is 0 Å². The second kappa shape index (κ2) is 7.00. The minimum Gasteiger partial charge on any atom is -0.436 e. The fraction of sp³-hybridized carbons (Fsp3) is 0.929. The van der Waals surface area contributed by atoms with Crippen molar-refractivity contribution >= 4 is 5.97 Å². The van der Waals surface area contributed by atoms with Crippen LogP contribution in [0.1, 0.15) is 53.4 Å². The first-order chi connectivity index (χ1) is 8.08. The maximum atomic E-state index is 12.0. The van der Waals surface area contributed by atoms with Crippen molar-refractivity contribution in [1.82, 2.24) is 0 Å². The van der Waals surface area contributed by atoms with Crippen molar-refractivity contribution in [2.24, 2.45) is 17.8 Å². The number of ether oxygens (including phenoxy) is 2. The third-order valence-electron chi connectivity index (χ3n) is 3.68. The second-order valence-electron chi connectivity index (χ2n) is 5.24. The molecule has 1 aliphatic rings. The summed E-state index contributed by atoms with van der Waals surface area (Å²) in [6, 6.07) is 0. The first-order valence-corrected chi connectivity index (χ1v) is 6.90. The number of carbonyl (C=O) groups excluding carboxylic acids is 1. The largest absolute Gasteiger partial charge is 0.436 e. The Balaban J connectivity index is 2.38. The van der Waals surface area contributed by atoms with Gasteiger partial charge in [0.15, 0.2) is 0 Å². The second-order valence-corrected chi connectivity index (χ2v) is 5.24. The molecule has 3 unspecified atom stereocenters. The van der Waals surface area contributed by atoms with Crippen LogP contribution in [0, 0.1) is 17.8 Å². The molecule has 0 bridgehead atoms. The van der Waals surface area contributed by atoms with Crippen LogP contribution in [-0.2, 0) is 14.3 Å². The Morgan fingerprint density at radius 1 is 1.29 bits per heavy atom. The molecule has 0 aliphatic heterocycles. The van der Waals surface area contributed by atoms with Crippen LogP contribution >= 0.6 is 0 Å². The third-order valence-corrected chi connectivity index (χ3v) is 3.68. The van der Waals surface area contributed by atoms with Crippen LogP contribution in [0.5, 0.6) is 0 Å². The summed E-state index contributed by atoms with van der Waals surface area (Å²) in [5.41, 5.74) is 0. The van der Waals surface area contributed by atoms with Crippen LogP contribution in [0.4, 0.5) is 0 Å². The van der Waals surface area contributed by atoms with Gasteiger partial charge in [-0.05, 0) is 38.0 Å². The highest BCUT2D eigenvalue weighted by molar-refractivity contribution is 5.72. The average molecular weight is 242 g/mol. The number of rotatable bonds is 6. The molecule has 0 amide bonds. The van der Waals surface area contributed by atoms with E-state index in [-0.39, 0.29) is 18.2 Å². The van der Waals surface area contributed by atoms with E-state index in [2.05, 4.69) is 13.8 Å². The van der Waals surface area contributed by atoms with Gasteiger partial charge in [-0.25, -0.2) is 0 Å². The quantitative estimate of drug-likeness (QED) is 0.529. The Hall–Kier alpha value is -0.570. The van der Waals surface area contributed by atoms with Crippen LogP contribution in [-0.4, -0.2) is 18.9 Å². The zero-order valence-corrected chi connectivity index (χ0v) is 11.6. The molecule has 0 heterocycles. The normalized spacial score (nSPS) is 26.2. The fourth-order valence-corrected chi connectivity index (χ4v) is 2.48. The molecule has 17 heavy (non-hydrogen) atoms. The maximum Gasteiger partial charge on any atom is 0.311 e. The van der Waals surface area contributed by atoms with E-state index in [1.165, 1.54) is 0 Å². The number of hydrogen-bond acceptors (Lipinski definition) is 3. The predicted molar refractivity (Wildman–Crippen MR) is 67.5 cm³/mol. The van der Waals surface area contributed by atoms with Crippen molar-refractivity contribution in [2.45, 2.75) is 59.7 Å². The van der Waals surface area contributed by atoms with Gasteiger partial charge in [0.05, 0.1) is 5.92 Å². The molecular formula is C14H26O3.